The van der Waals surface area contributed by atoms with Crippen molar-refractivity contribution in [3.63, 3.8) is 0 Å². The third kappa shape index (κ3) is 4.79. The van der Waals surface area contributed by atoms with Crippen molar-refractivity contribution in [2.45, 2.75) is 32.9 Å². The largest absolute Gasteiger partial charge is 0.508 e. The normalized spacial score (nSPS) is 13.2. The van der Waals surface area contributed by atoms with Gasteiger partial charge in [-0.25, -0.2) is 4.79 Å². The monoisotopic (exact) mass is 281 g/mol. The van der Waals surface area contributed by atoms with Gasteiger partial charge in [-0.15, -0.1) is 0 Å². The minimum Gasteiger partial charge on any atom is -0.508 e. The van der Waals surface area contributed by atoms with E-state index in [0.717, 1.165) is 0 Å². The summed E-state index contributed by atoms with van der Waals surface area (Å²) in [6, 6.07) is 5.29. The van der Waals surface area contributed by atoms with Crippen molar-refractivity contribution in [3.05, 3.63) is 24.3 Å². The van der Waals surface area contributed by atoms with Gasteiger partial charge >= 0.3 is 5.97 Å². The molecule has 110 valence electrons. The summed E-state index contributed by atoms with van der Waals surface area (Å²) in [4.78, 5) is 23.2. The molecule has 0 saturated carbocycles. The number of hydrogen-bond donors (Lipinski definition) is 2. The average Bonchev–Trinajstić information content (AvgIpc) is 2.41. The zero-order chi connectivity index (χ0) is 15.1. The number of benzene rings is 1. The summed E-state index contributed by atoms with van der Waals surface area (Å²) in [6.07, 6.45) is -0.767. The van der Waals surface area contributed by atoms with Crippen molar-refractivity contribution in [1.82, 2.24) is 5.32 Å². The van der Waals surface area contributed by atoms with Gasteiger partial charge in [-0.3, -0.25) is 4.79 Å². The van der Waals surface area contributed by atoms with Crippen LogP contribution in [0.2, 0.25) is 0 Å². The van der Waals surface area contributed by atoms with Crippen LogP contribution in [0.25, 0.3) is 0 Å². The Balaban J connectivity index is 2.50. The fourth-order valence-corrected chi connectivity index (χ4v) is 1.44. The first-order valence-corrected chi connectivity index (χ1v) is 6.36. The van der Waals surface area contributed by atoms with Crippen molar-refractivity contribution in [3.8, 4) is 11.5 Å². The van der Waals surface area contributed by atoms with Crippen molar-refractivity contribution >= 4 is 11.9 Å². The molecule has 0 radical (unpaired) electrons. The number of aromatic hydroxyl groups is 1. The summed E-state index contributed by atoms with van der Waals surface area (Å²) in [5.41, 5.74) is 0. The van der Waals surface area contributed by atoms with Crippen molar-refractivity contribution < 1.29 is 24.2 Å². The fraction of sp³-hybridized carbons (Fsp3) is 0.429. The number of carbonyl (C=O) groups is 2. The number of hydrogen-bond acceptors (Lipinski definition) is 5. The highest BCUT2D eigenvalue weighted by atomic mass is 16.5. The molecule has 0 aromatic heterocycles. The molecule has 0 aliphatic carbocycles. The lowest BCUT2D eigenvalue weighted by atomic mass is 10.3. The molecule has 0 heterocycles. The molecule has 2 atom stereocenters. The average molecular weight is 281 g/mol. The van der Waals surface area contributed by atoms with Gasteiger partial charge in [0.1, 0.15) is 17.5 Å². The summed E-state index contributed by atoms with van der Waals surface area (Å²) in [5.74, 6) is -0.337. The third-order valence-corrected chi connectivity index (χ3v) is 2.52. The van der Waals surface area contributed by atoms with Crippen LogP contribution in [0.5, 0.6) is 11.5 Å². The van der Waals surface area contributed by atoms with Crippen LogP contribution in [0.15, 0.2) is 24.3 Å². The highest BCUT2D eigenvalue weighted by molar-refractivity contribution is 5.86. The number of rotatable bonds is 6. The number of phenols is 1. The predicted octanol–water partition coefficient (Wildman–Crippen LogP) is 1.23. The van der Waals surface area contributed by atoms with E-state index < -0.39 is 24.0 Å². The molecule has 2 N–H and O–H groups in total. The molecular formula is C14H19NO5. The highest BCUT2D eigenvalue weighted by Crippen LogP contribution is 2.17. The van der Waals surface area contributed by atoms with E-state index in [2.05, 4.69) is 5.32 Å². The highest BCUT2D eigenvalue weighted by Gasteiger charge is 2.21. The number of nitrogens with one attached hydrogen (secondary N) is 1. The Bertz CT molecular complexity index is 457. The zero-order valence-electron chi connectivity index (χ0n) is 11.8. The summed E-state index contributed by atoms with van der Waals surface area (Å²) < 4.78 is 10.2. The van der Waals surface area contributed by atoms with Crippen LogP contribution in [0, 0.1) is 0 Å². The molecule has 6 heteroatoms. The molecule has 1 unspecified atom stereocenters. The van der Waals surface area contributed by atoms with Gasteiger partial charge in [0.15, 0.2) is 6.10 Å². The van der Waals surface area contributed by atoms with Gasteiger partial charge in [-0.2, -0.15) is 0 Å². The molecular weight excluding hydrogens is 262 g/mol. The van der Waals surface area contributed by atoms with Crippen molar-refractivity contribution in [2.75, 3.05) is 6.61 Å². The lowest BCUT2D eigenvalue weighted by Gasteiger charge is -2.17. The third-order valence-electron chi connectivity index (χ3n) is 2.52. The first-order chi connectivity index (χ1) is 9.43. The van der Waals surface area contributed by atoms with Crippen molar-refractivity contribution in [2.24, 2.45) is 0 Å². The van der Waals surface area contributed by atoms with E-state index in [1.54, 1.807) is 32.9 Å². The molecule has 1 aromatic carbocycles. The Morgan fingerprint density at radius 1 is 1.25 bits per heavy atom. The van der Waals surface area contributed by atoms with Crippen LogP contribution in [-0.2, 0) is 14.3 Å². The van der Waals surface area contributed by atoms with Gasteiger partial charge in [0, 0.05) is 0 Å². The summed E-state index contributed by atoms with van der Waals surface area (Å²) >= 11 is 0. The topological polar surface area (TPSA) is 84.9 Å². The standard InChI is InChI=1S/C14H19NO5/c1-4-19-14(18)9(2)15-13(17)10(3)20-12-7-5-11(16)6-8-12/h5-10,16H,4H2,1-3H3,(H,15,17)/t9-,10?/m0/s1. The fourth-order valence-electron chi connectivity index (χ4n) is 1.44. The molecule has 6 nitrogen and oxygen atoms in total. The SMILES string of the molecule is CCOC(=O)[C@H](C)NC(=O)C(C)Oc1ccc(O)cc1. The first kappa shape index (κ1) is 15.8. The molecule has 0 saturated heterocycles. The number of esters is 1. The van der Waals surface area contributed by atoms with Gasteiger partial charge in [0.25, 0.3) is 5.91 Å². The van der Waals surface area contributed by atoms with E-state index in [1.807, 2.05) is 0 Å². The summed E-state index contributed by atoms with van der Waals surface area (Å²) in [5, 5.41) is 11.7. The Morgan fingerprint density at radius 3 is 2.40 bits per heavy atom. The molecule has 0 bridgehead atoms. The maximum atomic E-state index is 11.8. The molecule has 1 amide bonds. The zero-order valence-corrected chi connectivity index (χ0v) is 11.8. The Labute approximate surface area is 117 Å². The maximum Gasteiger partial charge on any atom is 0.328 e. The summed E-state index contributed by atoms with van der Waals surface area (Å²) in [6.45, 7) is 5.07. The minimum absolute atomic E-state index is 0.116. The first-order valence-electron chi connectivity index (χ1n) is 6.36. The molecule has 1 aromatic rings. The van der Waals surface area contributed by atoms with Gasteiger partial charge < -0.3 is 19.9 Å². The number of phenolic OH excluding ortho intramolecular Hbond substituents is 1. The summed E-state index contributed by atoms with van der Waals surface area (Å²) in [7, 11) is 0. The molecule has 0 spiro atoms. The number of carbonyl (C=O) groups excluding carboxylic acids is 2. The molecule has 0 aliphatic rings. The van der Waals surface area contributed by atoms with Gasteiger partial charge in [0.05, 0.1) is 6.61 Å². The van der Waals surface area contributed by atoms with E-state index in [-0.39, 0.29) is 12.4 Å². The molecule has 0 aliphatic heterocycles. The second-order valence-corrected chi connectivity index (χ2v) is 4.24. The maximum absolute atomic E-state index is 11.8. The van der Waals surface area contributed by atoms with Crippen LogP contribution in [0.4, 0.5) is 0 Å². The second-order valence-electron chi connectivity index (χ2n) is 4.24. The van der Waals surface area contributed by atoms with E-state index >= 15 is 0 Å². The smallest absolute Gasteiger partial charge is 0.328 e. The molecule has 0 fully saturated rings. The quantitative estimate of drug-likeness (QED) is 0.766. The van der Waals surface area contributed by atoms with E-state index in [9.17, 15) is 9.59 Å². The molecule has 20 heavy (non-hydrogen) atoms. The van der Waals surface area contributed by atoms with Crippen LogP contribution in [-0.4, -0.2) is 35.7 Å². The van der Waals surface area contributed by atoms with Crippen LogP contribution in [0.1, 0.15) is 20.8 Å². The molecule has 1 rings (SSSR count). The second kappa shape index (κ2) is 7.37. The Morgan fingerprint density at radius 2 is 1.85 bits per heavy atom. The number of ether oxygens (including phenoxy) is 2. The van der Waals surface area contributed by atoms with Gasteiger partial charge in [-0.1, -0.05) is 0 Å². The number of amides is 1. The van der Waals surface area contributed by atoms with Crippen LogP contribution in [0.3, 0.4) is 0 Å². The minimum atomic E-state index is -0.767. The van der Waals surface area contributed by atoms with E-state index in [4.69, 9.17) is 14.6 Å². The van der Waals surface area contributed by atoms with Crippen LogP contribution >= 0.6 is 0 Å². The Hall–Kier alpha value is -2.24. The van der Waals surface area contributed by atoms with Gasteiger partial charge in [0.2, 0.25) is 0 Å². The van der Waals surface area contributed by atoms with Crippen molar-refractivity contribution in [1.29, 1.82) is 0 Å². The van der Waals surface area contributed by atoms with Gasteiger partial charge in [-0.05, 0) is 45.0 Å². The van der Waals surface area contributed by atoms with Crippen LogP contribution < -0.4 is 10.1 Å². The lowest BCUT2D eigenvalue weighted by Crippen LogP contribution is -2.45. The van der Waals surface area contributed by atoms with E-state index in [0.29, 0.717) is 5.75 Å². The Kier molecular flexibility index (Phi) is 5.83. The van der Waals surface area contributed by atoms with E-state index in [1.165, 1.54) is 12.1 Å². The predicted molar refractivity (Wildman–Crippen MR) is 72.4 cm³/mol. The lowest BCUT2D eigenvalue weighted by molar-refractivity contribution is -0.147.